The molecule has 0 aliphatic heterocycles. The van der Waals surface area contributed by atoms with Crippen LogP contribution >= 0.6 is 0 Å². The molecule has 0 radical (unpaired) electrons. The standard InChI is InChI=1S/C36H44/c1-33(2,3)23-13-21-14-24(34(4,5)6)19-29-30-20-26(36(10,11)12)16-22-15-25(35(7,8)9)18-28(32(22)30)27(17-23)31(21)29/h13-20H,1-12H3. The molecule has 5 aromatic carbocycles. The van der Waals surface area contributed by atoms with Crippen molar-refractivity contribution < 1.29 is 0 Å². The van der Waals surface area contributed by atoms with Gasteiger partial charge in [0.15, 0.2) is 0 Å². The molecule has 0 atom stereocenters. The fourth-order valence-electron chi connectivity index (χ4n) is 5.61. The summed E-state index contributed by atoms with van der Waals surface area (Å²) >= 11 is 0. The van der Waals surface area contributed by atoms with Crippen molar-refractivity contribution in [2.24, 2.45) is 0 Å². The molecule has 0 aliphatic rings. The molecule has 5 aromatic rings. The summed E-state index contributed by atoms with van der Waals surface area (Å²) in [4.78, 5) is 0. The quantitative estimate of drug-likeness (QED) is 0.154. The molecule has 0 N–H and O–H groups in total. The van der Waals surface area contributed by atoms with Crippen molar-refractivity contribution in [1.82, 2.24) is 0 Å². The molecule has 0 spiro atoms. The summed E-state index contributed by atoms with van der Waals surface area (Å²) in [6.45, 7) is 28.0. The van der Waals surface area contributed by atoms with Gasteiger partial charge in [-0.2, -0.15) is 0 Å². The van der Waals surface area contributed by atoms with Gasteiger partial charge in [-0.25, -0.2) is 0 Å². The Bertz CT molecular complexity index is 1390. The predicted octanol–water partition coefficient (Wildman–Crippen LogP) is 10.9. The van der Waals surface area contributed by atoms with E-state index in [2.05, 4.69) is 132 Å². The number of hydrogen-bond donors (Lipinski definition) is 0. The third-order valence-electron chi connectivity index (χ3n) is 8.14. The van der Waals surface area contributed by atoms with Gasteiger partial charge in [0, 0.05) is 0 Å². The first-order chi connectivity index (χ1) is 16.4. The van der Waals surface area contributed by atoms with Gasteiger partial charge in [-0.05, 0) is 111 Å². The summed E-state index contributed by atoms with van der Waals surface area (Å²) in [5.74, 6) is 0. The lowest BCUT2D eigenvalue weighted by atomic mass is 9.76. The van der Waals surface area contributed by atoms with Crippen molar-refractivity contribution >= 4 is 43.1 Å². The van der Waals surface area contributed by atoms with Crippen molar-refractivity contribution in [1.29, 1.82) is 0 Å². The largest absolute Gasteiger partial charge is 0.0561 e. The smallest absolute Gasteiger partial charge is 0.00260 e. The molecule has 5 rings (SSSR count). The van der Waals surface area contributed by atoms with E-state index in [-0.39, 0.29) is 21.7 Å². The van der Waals surface area contributed by atoms with Crippen LogP contribution in [0.1, 0.15) is 105 Å². The van der Waals surface area contributed by atoms with Gasteiger partial charge in [-0.1, -0.05) is 107 Å². The monoisotopic (exact) mass is 476 g/mol. The minimum absolute atomic E-state index is 0.0830. The Balaban J connectivity index is 2.14. The zero-order valence-corrected chi connectivity index (χ0v) is 24.6. The Hall–Kier alpha value is -2.60. The van der Waals surface area contributed by atoms with Gasteiger partial charge >= 0.3 is 0 Å². The van der Waals surface area contributed by atoms with E-state index in [1.54, 1.807) is 0 Å². The molecule has 0 saturated carbocycles. The van der Waals surface area contributed by atoms with E-state index in [4.69, 9.17) is 0 Å². The number of benzene rings is 5. The van der Waals surface area contributed by atoms with Crippen LogP contribution in [-0.2, 0) is 21.7 Å². The van der Waals surface area contributed by atoms with Crippen LogP contribution in [0.25, 0.3) is 43.1 Å². The highest BCUT2D eigenvalue weighted by atomic mass is 14.3. The van der Waals surface area contributed by atoms with Gasteiger partial charge in [-0.3, -0.25) is 0 Å². The van der Waals surface area contributed by atoms with Crippen LogP contribution in [0.2, 0.25) is 0 Å². The minimum Gasteiger partial charge on any atom is -0.0561 e. The lowest BCUT2D eigenvalue weighted by Gasteiger charge is -2.28. The van der Waals surface area contributed by atoms with Crippen LogP contribution in [-0.4, -0.2) is 0 Å². The van der Waals surface area contributed by atoms with Gasteiger partial charge in [0.05, 0.1) is 0 Å². The second kappa shape index (κ2) is 7.47. The second-order valence-corrected chi connectivity index (χ2v) is 15.3. The Labute approximate surface area is 218 Å². The Morgan fingerprint density at radius 2 is 0.500 bits per heavy atom. The van der Waals surface area contributed by atoms with Crippen LogP contribution < -0.4 is 0 Å². The normalized spacial score (nSPS) is 14.1. The van der Waals surface area contributed by atoms with Gasteiger partial charge < -0.3 is 0 Å². The molecular weight excluding hydrogens is 432 g/mol. The van der Waals surface area contributed by atoms with Crippen LogP contribution in [0.3, 0.4) is 0 Å². The molecule has 0 bridgehead atoms. The van der Waals surface area contributed by atoms with Crippen molar-refractivity contribution in [3.63, 3.8) is 0 Å². The van der Waals surface area contributed by atoms with E-state index in [0.29, 0.717) is 0 Å². The molecule has 0 heteroatoms. The summed E-state index contributed by atoms with van der Waals surface area (Å²) in [6, 6.07) is 19.8. The predicted molar refractivity (Wildman–Crippen MR) is 162 cm³/mol. The highest BCUT2D eigenvalue weighted by molar-refractivity contribution is 6.33. The van der Waals surface area contributed by atoms with Gasteiger partial charge in [0.1, 0.15) is 0 Å². The van der Waals surface area contributed by atoms with E-state index >= 15 is 0 Å². The van der Waals surface area contributed by atoms with Crippen molar-refractivity contribution in [2.75, 3.05) is 0 Å². The maximum atomic E-state index is 2.49. The van der Waals surface area contributed by atoms with E-state index < -0.39 is 0 Å². The topological polar surface area (TPSA) is 0 Å². The van der Waals surface area contributed by atoms with E-state index in [9.17, 15) is 0 Å². The molecule has 0 amide bonds. The Kier molecular flexibility index (Phi) is 5.20. The van der Waals surface area contributed by atoms with Gasteiger partial charge in [0.25, 0.3) is 0 Å². The molecule has 36 heavy (non-hydrogen) atoms. The maximum Gasteiger partial charge on any atom is -0.00260 e. The SMILES string of the molecule is CC(C)(C)c1cc2cc(C(C)(C)C)cc3c4cc(C(C)(C)C)cc5cc(C(C)(C)C)cc(c(c1)c23)c54. The molecule has 0 heterocycles. The zero-order chi connectivity index (χ0) is 26.6. The lowest BCUT2D eigenvalue weighted by molar-refractivity contribution is 0.589. The molecule has 0 aromatic heterocycles. The number of rotatable bonds is 0. The average Bonchev–Trinajstić information content (AvgIpc) is 2.73. The van der Waals surface area contributed by atoms with Crippen molar-refractivity contribution in [2.45, 2.75) is 105 Å². The summed E-state index contributed by atoms with van der Waals surface area (Å²) < 4.78 is 0. The first-order valence-electron chi connectivity index (χ1n) is 13.6. The lowest BCUT2D eigenvalue weighted by Crippen LogP contribution is -2.14. The van der Waals surface area contributed by atoms with E-state index in [1.165, 1.54) is 65.3 Å². The fourth-order valence-corrected chi connectivity index (χ4v) is 5.61. The molecule has 0 nitrogen and oxygen atoms in total. The first-order valence-corrected chi connectivity index (χ1v) is 13.6. The summed E-state index contributed by atoms with van der Waals surface area (Å²) in [5, 5.41) is 11.2. The fraction of sp³-hybridized carbons (Fsp3) is 0.444. The van der Waals surface area contributed by atoms with E-state index in [1.807, 2.05) is 0 Å². The van der Waals surface area contributed by atoms with Crippen LogP contribution in [0.5, 0.6) is 0 Å². The average molecular weight is 477 g/mol. The first kappa shape index (κ1) is 25.1. The van der Waals surface area contributed by atoms with Gasteiger partial charge in [-0.15, -0.1) is 0 Å². The number of hydrogen-bond acceptors (Lipinski definition) is 0. The highest BCUT2D eigenvalue weighted by Crippen LogP contribution is 2.46. The summed E-state index contributed by atoms with van der Waals surface area (Å²) in [7, 11) is 0. The van der Waals surface area contributed by atoms with Crippen molar-refractivity contribution in [3.05, 3.63) is 70.8 Å². The Morgan fingerprint density at radius 1 is 0.306 bits per heavy atom. The Morgan fingerprint density at radius 3 is 0.667 bits per heavy atom. The van der Waals surface area contributed by atoms with Crippen LogP contribution in [0.4, 0.5) is 0 Å². The third-order valence-corrected chi connectivity index (χ3v) is 8.14. The molecule has 0 unspecified atom stereocenters. The second-order valence-electron chi connectivity index (χ2n) is 15.3. The van der Waals surface area contributed by atoms with Crippen LogP contribution in [0.15, 0.2) is 48.5 Å². The molecule has 0 aliphatic carbocycles. The summed E-state index contributed by atoms with van der Waals surface area (Å²) in [5.41, 5.74) is 5.97. The van der Waals surface area contributed by atoms with E-state index in [0.717, 1.165) is 0 Å². The highest BCUT2D eigenvalue weighted by Gasteiger charge is 2.25. The molecule has 188 valence electrons. The van der Waals surface area contributed by atoms with Crippen molar-refractivity contribution in [3.8, 4) is 0 Å². The zero-order valence-electron chi connectivity index (χ0n) is 24.6. The summed E-state index contributed by atoms with van der Waals surface area (Å²) in [6.07, 6.45) is 0. The van der Waals surface area contributed by atoms with Crippen LogP contribution in [0, 0.1) is 0 Å². The molecule has 0 fully saturated rings. The van der Waals surface area contributed by atoms with Gasteiger partial charge in [0.2, 0.25) is 0 Å². The maximum absolute atomic E-state index is 2.49. The molecular formula is C36H44. The minimum atomic E-state index is 0.0830. The third kappa shape index (κ3) is 3.98. The number of fused-ring (bicyclic) bond motifs is 2. The molecule has 0 saturated heterocycles.